The van der Waals surface area contributed by atoms with Crippen molar-refractivity contribution < 1.29 is 23.1 Å². The van der Waals surface area contributed by atoms with Gasteiger partial charge in [-0.3, -0.25) is 4.79 Å². The van der Waals surface area contributed by atoms with Gasteiger partial charge in [0.1, 0.15) is 5.82 Å². The molecule has 1 aliphatic rings. The number of pyridine rings is 1. The molecule has 0 aromatic carbocycles. The molecule has 4 nitrogen and oxygen atoms in total. The van der Waals surface area contributed by atoms with Gasteiger partial charge in [-0.25, -0.2) is 4.98 Å². The topological polar surface area (TPSA) is 53.4 Å². The Hall–Kier alpha value is -1.79. The minimum absolute atomic E-state index is 0.0231. The van der Waals surface area contributed by atoms with Gasteiger partial charge in [-0.15, -0.1) is 0 Å². The van der Waals surface area contributed by atoms with E-state index in [1.165, 1.54) is 17.2 Å². The first-order valence-corrected chi connectivity index (χ1v) is 5.87. The van der Waals surface area contributed by atoms with Crippen LogP contribution in [0.5, 0.6) is 0 Å². The molecule has 1 N–H and O–H groups in total. The van der Waals surface area contributed by atoms with Crippen LogP contribution in [0.4, 0.5) is 19.0 Å². The summed E-state index contributed by atoms with van der Waals surface area (Å²) >= 11 is 0. The first kappa shape index (κ1) is 13.6. The Labute approximate surface area is 107 Å². The van der Waals surface area contributed by atoms with E-state index in [1.807, 2.05) is 0 Å². The number of carboxylic acids is 1. The maximum atomic E-state index is 12.8. The highest BCUT2D eigenvalue weighted by molar-refractivity contribution is 5.67. The number of hydrogen-bond acceptors (Lipinski definition) is 3. The number of carbonyl (C=O) groups is 1. The van der Waals surface area contributed by atoms with E-state index in [-0.39, 0.29) is 18.2 Å². The number of anilines is 1. The average Bonchev–Trinajstić information content (AvgIpc) is 2.75. The molecule has 0 amide bonds. The molecular weight excluding hydrogens is 261 g/mol. The van der Waals surface area contributed by atoms with E-state index in [4.69, 9.17) is 5.11 Å². The van der Waals surface area contributed by atoms with Crippen molar-refractivity contribution in [3.05, 3.63) is 23.9 Å². The van der Waals surface area contributed by atoms with E-state index in [0.717, 1.165) is 6.07 Å². The SMILES string of the molecule is O=C(O)CC1CCN(c2ncccc2C(F)(F)F)C1. The predicted molar refractivity (Wildman–Crippen MR) is 61.8 cm³/mol. The lowest BCUT2D eigenvalue weighted by atomic mass is 10.1. The number of aliphatic carboxylic acids is 1. The Balaban J connectivity index is 2.18. The number of rotatable bonds is 3. The van der Waals surface area contributed by atoms with Crippen molar-refractivity contribution in [2.45, 2.75) is 19.0 Å². The van der Waals surface area contributed by atoms with Crippen molar-refractivity contribution in [2.24, 2.45) is 5.92 Å². The second-order valence-electron chi connectivity index (χ2n) is 4.57. The molecule has 1 aliphatic heterocycles. The molecule has 1 aromatic heterocycles. The van der Waals surface area contributed by atoms with Crippen molar-refractivity contribution >= 4 is 11.8 Å². The molecule has 1 unspecified atom stereocenters. The quantitative estimate of drug-likeness (QED) is 0.919. The fourth-order valence-corrected chi connectivity index (χ4v) is 2.31. The number of hydrogen-bond donors (Lipinski definition) is 1. The third-order valence-electron chi connectivity index (χ3n) is 3.14. The largest absolute Gasteiger partial charge is 0.481 e. The highest BCUT2D eigenvalue weighted by Gasteiger charge is 2.37. The molecule has 0 radical (unpaired) electrons. The van der Waals surface area contributed by atoms with E-state index < -0.39 is 17.7 Å². The van der Waals surface area contributed by atoms with Gasteiger partial charge in [-0.05, 0) is 24.5 Å². The second-order valence-corrected chi connectivity index (χ2v) is 4.57. The summed E-state index contributed by atoms with van der Waals surface area (Å²) in [5.41, 5.74) is -0.772. The molecule has 2 heterocycles. The maximum absolute atomic E-state index is 12.8. The second kappa shape index (κ2) is 5.07. The van der Waals surface area contributed by atoms with Gasteiger partial charge in [-0.1, -0.05) is 0 Å². The first-order valence-electron chi connectivity index (χ1n) is 5.87. The van der Waals surface area contributed by atoms with Crippen molar-refractivity contribution in [1.29, 1.82) is 0 Å². The smallest absolute Gasteiger partial charge is 0.419 e. The highest BCUT2D eigenvalue weighted by Crippen LogP contribution is 2.37. The molecule has 0 aliphatic carbocycles. The van der Waals surface area contributed by atoms with Gasteiger partial charge in [0, 0.05) is 25.7 Å². The van der Waals surface area contributed by atoms with Crippen LogP contribution in [0.1, 0.15) is 18.4 Å². The van der Waals surface area contributed by atoms with Crippen LogP contribution >= 0.6 is 0 Å². The Morgan fingerprint density at radius 1 is 1.53 bits per heavy atom. The third kappa shape index (κ3) is 3.15. The van der Waals surface area contributed by atoms with Crippen LogP contribution in [-0.2, 0) is 11.0 Å². The lowest BCUT2D eigenvalue weighted by Crippen LogP contribution is -2.25. The van der Waals surface area contributed by atoms with E-state index in [2.05, 4.69) is 4.98 Å². The number of alkyl halides is 3. The molecule has 1 atom stereocenters. The van der Waals surface area contributed by atoms with Crippen LogP contribution in [0, 0.1) is 5.92 Å². The van der Waals surface area contributed by atoms with Gasteiger partial charge >= 0.3 is 12.1 Å². The molecule has 2 rings (SSSR count). The van der Waals surface area contributed by atoms with Crippen molar-refractivity contribution in [1.82, 2.24) is 4.98 Å². The number of halogens is 3. The molecule has 0 saturated carbocycles. The van der Waals surface area contributed by atoms with E-state index >= 15 is 0 Å². The lowest BCUT2D eigenvalue weighted by Gasteiger charge is -2.21. The van der Waals surface area contributed by atoms with Crippen molar-refractivity contribution in [3.63, 3.8) is 0 Å². The summed E-state index contributed by atoms with van der Waals surface area (Å²) in [4.78, 5) is 15.9. The average molecular weight is 274 g/mol. The van der Waals surface area contributed by atoms with E-state index in [1.54, 1.807) is 0 Å². The molecule has 19 heavy (non-hydrogen) atoms. The van der Waals surface area contributed by atoms with E-state index in [9.17, 15) is 18.0 Å². The van der Waals surface area contributed by atoms with E-state index in [0.29, 0.717) is 19.5 Å². The summed E-state index contributed by atoms with van der Waals surface area (Å²) in [5, 5.41) is 8.70. The first-order chi connectivity index (χ1) is 8.88. The summed E-state index contributed by atoms with van der Waals surface area (Å²) < 4.78 is 38.5. The molecule has 7 heteroatoms. The molecule has 1 saturated heterocycles. The van der Waals surface area contributed by atoms with Gasteiger partial charge in [0.05, 0.1) is 5.56 Å². The normalized spacial score (nSPS) is 19.7. The summed E-state index contributed by atoms with van der Waals surface area (Å²) in [7, 11) is 0. The Bertz CT molecular complexity index is 476. The highest BCUT2D eigenvalue weighted by atomic mass is 19.4. The number of nitrogens with zero attached hydrogens (tertiary/aromatic N) is 2. The Kier molecular flexibility index (Phi) is 3.64. The number of aromatic nitrogens is 1. The van der Waals surface area contributed by atoms with Crippen molar-refractivity contribution in [3.8, 4) is 0 Å². The predicted octanol–water partition coefficient (Wildman–Crippen LogP) is 2.40. The zero-order valence-electron chi connectivity index (χ0n) is 10.0. The van der Waals surface area contributed by atoms with Crippen LogP contribution in [-0.4, -0.2) is 29.1 Å². The Morgan fingerprint density at radius 2 is 2.26 bits per heavy atom. The monoisotopic (exact) mass is 274 g/mol. The minimum atomic E-state index is -4.45. The lowest BCUT2D eigenvalue weighted by molar-refractivity contribution is -0.138. The summed E-state index contributed by atoms with van der Waals surface area (Å²) in [6.45, 7) is 0.699. The summed E-state index contributed by atoms with van der Waals surface area (Å²) in [5.74, 6) is -1.16. The van der Waals surface area contributed by atoms with Gasteiger partial charge in [0.25, 0.3) is 0 Å². The van der Waals surface area contributed by atoms with Gasteiger partial charge in [0.2, 0.25) is 0 Å². The van der Waals surface area contributed by atoms with Crippen LogP contribution in [0.15, 0.2) is 18.3 Å². The summed E-state index contributed by atoms with van der Waals surface area (Å²) in [6, 6.07) is 2.24. The molecule has 104 valence electrons. The molecule has 1 aromatic rings. The zero-order chi connectivity index (χ0) is 14.0. The fourth-order valence-electron chi connectivity index (χ4n) is 2.31. The van der Waals surface area contributed by atoms with Gasteiger partial charge in [-0.2, -0.15) is 13.2 Å². The molecular formula is C12H13F3N2O2. The van der Waals surface area contributed by atoms with Gasteiger partial charge in [0.15, 0.2) is 0 Å². The summed E-state index contributed by atoms with van der Waals surface area (Å²) in [6.07, 6.45) is -2.59. The minimum Gasteiger partial charge on any atom is -0.481 e. The standard InChI is InChI=1S/C12H13F3N2O2/c13-12(14,15)9-2-1-4-16-11(9)17-5-3-8(7-17)6-10(18)19/h1-2,4,8H,3,5-7H2,(H,18,19). The fraction of sp³-hybridized carbons (Fsp3) is 0.500. The molecule has 1 fully saturated rings. The van der Waals surface area contributed by atoms with Crippen LogP contribution < -0.4 is 4.90 Å². The Morgan fingerprint density at radius 3 is 2.89 bits per heavy atom. The van der Waals surface area contributed by atoms with Crippen LogP contribution in [0.2, 0.25) is 0 Å². The van der Waals surface area contributed by atoms with Gasteiger partial charge < -0.3 is 10.0 Å². The van der Waals surface area contributed by atoms with Crippen LogP contribution in [0.3, 0.4) is 0 Å². The number of carboxylic acid groups (broad SMARTS) is 1. The van der Waals surface area contributed by atoms with Crippen molar-refractivity contribution in [2.75, 3.05) is 18.0 Å². The zero-order valence-corrected chi connectivity index (χ0v) is 10.0. The van der Waals surface area contributed by atoms with Crippen LogP contribution in [0.25, 0.3) is 0 Å². The third-order valence-corrected chi connectivity index (χ3v) is 3.14. The molecule has 0 spiro atoms. The molecule has 0 bridgehead atoms. The maximum Gasteiger partial charge on any atom is 0.419 e.